The summed E-state index contributed by atoms with van der Waals surface area (Å²) in [6.45, 7) is 3.19. The van der Waals surface area contributed by atoms with Gasteiger partial charge in [0.2, 0.25) is 6.20 Å². The molecular weight excluding hydrogens is 214 g/mol. The number of hydrogen-bond donors (Lipinski definition) is 1. The molecular formula is C10H15NO5. The molecule has 90 valence electrons. The highest BCUT2D eigenvalue weighted by molar-refractivity contribution is 5.75. The van der Waals surface area contributed by atoms with E-state index in [1.807, 2.05) is 0 Å². The van der Waals surface area contributed by atoms with Gasteiger partial charge in [0.05, 0.1) is 17.4 Å². The normalized spacial score (nSPS) is 25.8. The molecule has 1 aliphatic heterocycles. The van der Waals surface area contributed by atoms with Gasteiger partial charge in [-0.2, -0.15) is 0 Å². The van der Waals surface area contributed by atoms with E-state index in [0.29, 0.717) is 19.4 Å². The first-order chi connectivity index (χ1) is 7.35. The standard InChI is InChI=1S/C10H15NO5/c1-7(6-11(14)15)10(2,13)8-4-3-5-16-9(8)12/h6,8,13H,3-5H2,1-2H3/b7-6+/t8-,10-/m0/s1. The lowest BCUT2D eigenvalue weighted by Crippen LogP contribution is -2.44. The molecule has 0 aliphatic carbocycles. The molecule has 0 amide bonds. The Morgan fingerprint density at radius 2 is 2.38 bits per heavy atom. The molecule has 1 rings (SSSR count). The van der Waals surface area contributed by atoms with E-state index < -0.39 is 22.4 Å². The summed E-state index contributed by atoms with van der Waals surface area (Å²) in [5.41, 5.74) is -1.37. The molecule has 0 unspecified atom stereocenters. The van der Waals surface area contributed by atoms with Crippen molar-refractivity contribution in [2.75, 3.05) is 6.61 Å². The first-order valence-corrected chi connectivity index (χ1v) is 5.07. The van der Waals surface area contributed by atoms with Gasteiger partial charge in [-0.15, -0.1) is 0 Å². The van der Waals surface area contributed by atoms with E-state index in [2.05, 4.69) is 0 Å². The second-order valence-electron chi connectivity index (χ2n) is 4.11. The monoisotopic (exact) mass is 229 g/mol. The van der Waals surface area contributed by atoms with E-state index in [1.165, 1.54) is 13.8 Å². The lowest BCUT2D eigenvalue weighted by atomic mass is 9.80. The van der Waals surface area contributed by atoms with Crippen LogP contribution in [0, 0.1) is 16.0 Å². The average Bonchev–Trinajstić information content (AvgIpc) is 2.16. The number of rotatable bonds is 3. The van der Waals surface area contributed by atoms with Gasteiger partial charge in [0.15, 0.2) is 0 Å². The molecule has 0 aromatic rings. The fourth-order valence-electron chi connectivity index (χ4n) is 1.75. The fourth-order valence-corrected chi connectivity index (χ4v) is 1.75. The molecule has 2 atom stereocenters. The van der Waals surface area contributed by atoms with Crippen molar-refractivity contribution in [3.63, 3.8) is 0 Å². The Bertz CT molecular complexity index is 334. The topological polar surface area (TPSA) is 89.7 Å². The van der Waals surface area contributed by atoms with E-state index in [0.717, 1.165) is 6.20 Å². The van der Waals surface area contributed by atoms with Crippen LogP contribution in [0.15, 0.2) is 11.8 Å². The zero-order valence-corrected chi connectivity index (χ0v) is 9.30. The van der Waals surface area contributed by atoms with E-state index in [9.17, 15) is 20.0 Å². The Hall–Kier alpha value is -1.43. The Morgan fingerprint density at radius 3 is 2.88 bits per heavy atom. The van der Waals surface area contributed by atoms with E-state index >= 15 is 0 Å². The van der Waals surface area contributed by atoms with Gasteiger partial charge < -0.3 is 9.84 Å². The number of nitro groups is 1. The maximum atomic E-state index is 11.5. The number of aliphatic hydroxyl groups is 1. The minimum Gasteiger partial charge on any atom is -0.465 e. The maximum absolute atomic E-state index is 11.5. The van der Waals surface area contributed by atoms with E-state index in [4.69, 9.17) is 4.74 Å². The van der Waals surface area contributed by atoms with Crippen molar-refractivity contribution in [3.05, 3.63) is 21.9 Å². The zero-order chi connectivity index (χ0) is 12.3. The zero-order valence-electron chi connectivity index (χ0n) is 9.30. The van der Waals surface area contributed by atoms with Gasteiger partial charge in [0, 0.05) is 5.57 Å². The smallest absolute Gasteiger partial charge is 0.312 e. The highest BCUT2D eigenvalue weighted by atomic mass is 16.6. The third-order valence-corrected chi connectivity index (χ3v) is 2.94. The molecule has 0 aromatic heterocycles. The highest BCUT2D eigenvalue weighted by Gasteiger charge is 2.42. The molecule has 1 saturated heterocycles. The Balaban J connectivity index is 2.90. The fraction of sp³-hybridized carbons (Fsp3) is 0.700. The summed E-state index contributed by atoms with van der Waals surface area (Å²) in [5.74, 6) is -1.22. The number of esters is 1. The van der Waals surface area contributed by atoms with Crippen molar-refractivity contribution in [3.8, 4) is 0 Å². The van der Waals surface area contributed by atoms with Crippen LogP contribution in [0.25, 0.3) is 0 Å². The van der Waals surface area contributed by atoms with Gasteiger partial charge in [-0.1, -0.05) is 0 Å². The summed E-state index contributed by atoms with van der Waals surface area (Å²) in [4.78, 5) is 21.1. The number of carbonyl (C=O) groups is 1. The summed E-state index contributed by atoms with van der Waals surface area (Å²) in [6.07, 6.45) is 1.87. The third-order valence-electron chi connectivity index (χ3n) is 2.94. The van der Waals surface area contributed by atoms with Crippen LogP contribution in [-0.4, -0.2) is 28.2 Å². The van der Waals surface area contributed by atoms with Gasteiger partial charge in [-0.05, 0) is 26.7 Å². The lowest BCUT2D eigenvalue weighted by molar-refractivity contribution is -0.404. The minimum absolute atomic E-state index is 0.154. The minimum atomic E-state index is -1.52. The largest absolute Gasteiger partial charge is 0.465 e. The van der Waals surface area contributed by atoms with Gasteiger partial charge in [0.25, 0.3) is 0 Å². The first kappa shape index (κ1) is 12.6. The number of carbonyl (C=O) groups excluding carboxylic acids is 1. The summed E-state index contributed by atoms with van der Waals surface area (Å²) < 4.78 is 4.84. The average molecular weight is 229 g/mol. The predicted octanol–water partition coefficient (Wildman–Crippen LogP) is 0.871. The van der Waals surface area contributed by atoms with Crippen LogP contribution in [0.1, 0.15) is 26.7 Å². The lowest BCUT2D eigenvalue weighted by Gasteiger charge is -2.33. The molecule has 6 nitrogen and oxygen atoms in total. The number of cyclic esters (lactones) is 1. The second-order valence-corrected chi connectivity index (χ2v) is 4.11. The van der Waals surface area contributed by atoms with Crippen molar-refractivity contribution in [1.29, 1.82) is 0 Å². The van der Waals surface area contributed by atoms with Gasteiger partial charge in [-0.25, -0.2) is 0 Å². The van der Waals surface area contributed by atoms with Crippen LogP contribution in [0.2, 0.25) is 0 Å². The van der Waals surface area contributed by atoms with Crippen molar-refractivity contribution in [1.82, 2.24) is 0 Å². The molecule has 16 heavy (non-hydrogen) atoms. The Labute approximate surface area is 93.1 Å². The second kappa shape index (κ2) is 4.61. The van der Waals surface area contributed by atoms with Gasteiger partial charge in [0.1, 0.15) is 5.60 Å². The van der Waals surface area contributed by atoms with Crippen molar-refractivity contribution < 1.29 is 19.6 Å². The predicted molar refractivity (Wildman–Crippen MR) is 55.1 cm³/mol. The van der Waals surface area contributed by atoms with E-state index in [-0.39, 0.29) is 5.57 Å². The molecule has 0 bridgehead atoms. The van der Waals surface area contributed by atoms with Crippen molar-refractivity contribution in [2.24, 2.45) is 5.92 Å². The molecule has 1 aliphatic rings. The first-order valence-electron chi connectivity index (χ1n) is 5.07. The molecule has 0 saturated carbocycles. The molecule has 0 aromatic carbocycles. The summed E-state index contributed by atoms with van der Waals surface area (Å²) >= 11 is 0. The van der Waals surface area contributed by atoms with Crippen LogP contribution in [-0.2, 0) is 9.53 Å². The third kappa shape index (κ3) is 2.57. The van der Waals surface area contributed by atoms with Crippen LogP contribution in [0.4, 0.5) is 0 Å². The number of hydrogen-bond acceptors (Lipinski definition) is 5. The van der Waals surface area contributed by atoms with Crippen LogP contribution in [0.5, 0.6) is 0 Å². The highest BCUT2D eigenvalue weighted by Crippen LogP contribution is 2.32. The van der Waals surface area contributed by atoms with Crippen molar-refractivity contribution >= 4 is 5.97 Å². The van der Waals surface area contributed by atoms with Gasteiger partial charge >= 0.3 is 5.97 Å². The molecule has 1 fully saturated rings. The molecule has 0 radical (unpaired) electrons. The maximum Gasteiger partial charge on any atom is 0.312 e. The Morgan fingerprint density at radius 1 is 1.75 bits per heavy atom. The number of ether oxygens (including phenoxy) is 1. The quantitative estimate of drug-likeness (QED) is 0.440. The summed E-state index contributed by atoms with van der Waals surface area (Å²) in [5, 5.41) is 20.5. The SMILES string of the molecule is C/C(=C\[N+](=O)[O-])[C@](C)(O)[C@H]1CCCOC1=O. The molecule has 0 spiro atoms. The summed E-state index contributed by atoms with van der Waals surface area (Å²) in [7, 11) is 0. The summed E-state index contributed by atoms with van der Waals surface area (Å²) in [6, 6.07) is 0. The molecule has 1 heterocycles. The van der Waals surface area contributed by atoms with Crippen LogP contribution >= 0.6 is 0 Å². The van der Waals surface area contributed by atoms with E-state index in [1.54, 1.807) is 0 Å². The number of nitrogens with zero attached hydrogens (tertiary/aromatic N) is 1. The van der Waals surface area contributed by atoms with Crippen LogP contribution < -0.4 is 0 Å². The van der Waals surface area contributed by atoms with Gasteiger partial charge in [-0.3, -0.25) is 14.9 Å². The van der Waals surface area contributed by atoms with Crippen LogP contribution in [0.3, 0.4) is 0 Å². The Kier molecular flexibility index (Phi) is 3.64. The van der Waals surface area contributed by atoms with Crippen molar-refractivity contribution in [2.45, 2.75) is 32.3 Å². The molecule has 1 N–H and O–H groups in total. The molecule has 6 heteroatoms.